The molecule has 0 fully saturated rings. The molecule has 0 bridgehead atoms. The third-order valence-corrected chi connectivity index (χ3v) is 3.58. The molecule has 6 nitrogen and oxygen atoms in total. The second kappa shape index (κ2) is 6.45. The maximum absolute atomic E-state index is 9.89. The van der Waals surface area contributed by atoms with Crippen molar-refractivity contribution >= 4 is 11.6 Å². The van der Waals surface area contributed by atoms with E-state index in [2.05, 4.69) is 15.2 Å². The predicted octanol–water partition coefficient (Wildman–Crippen LogP) is 3.45. The van der Waals surface area contributed by atoms with Gasteiger partial charge in [0.2, 0.25) is 0 Å². The van der Waals surface area contributed by atoms with Gasteiger partial charge in [-0.1, -0.05) is 18.2 Å². The Morgan fingerprint density at radius 1 is 1.12 bits per heavy atom. The molecule has 1 aromatic heterocycles. The molecule has 3 N–H and O–H groups in total. The Hall–Kier alpha value is -3.28. The van der Waals surface area contributed by atoms with Crippen molar-refractivity contribution in [1.29, 1.82) is 0 Å². The molecule has 0 spiro atoms. The van der Waals surface area contributed by atoms with Crippen molar-refractivity contribution in [2.24, 2.45) is 0 Å². The van der Waals surface area contributed by atoms with Gasteiger partial charge < -0.3 is 14.9 Å². The van der Waals surface area contributed by atoms with Crippen LogP contribution < -0.4 is 4.74 Å². The first-order valence-corrected chi connectivity index (χ1v) is 7.35. The lowest BCUT2D eigenvalue weighted by molar-refractivity contribution is 0.373. The van der Waals surface area contributed by atoms with E-state index >= 15 is 0 Å². The number of nitrogens with zero attached hydrogens (tertiary/aromatic N) is 2. The van der Waals surface area contributed by atoms with Gasteiger partial charge in [-0.2, -0.15) is 5.10 Å². The Kier molecular flexibility index (Phi) is 4.20. The number of rotatable bonds is 4. The zero-order chi connectivity index (χ0) is 17.1. The number of ether oxygens (including phenoxy) is 1. The molecule has 3 rings (SSSR count). The van der Waals surface area contributed by atoms with Crippen molar-refractivity contribution in [1.82, 2.24) is 15.2 Å². The van der Waals surface area contributed by atoms with Crippen LogP contribution in [0.2, 0.25) is 0 Å². The van der Waals surface area contributed by atoms with Crippen molar-refractivity contribution in [3.05, 3.63) is 53.9 Å². The van der Waals surface area contributed by atoms with Gasteiger partial charge in [-0.15, -0.1) is 0 Å². The number of allylic oxidation sites excluding steroid dienone is 1. The molecule has 0 saturated carbocycles. The molecule has 0 amide bonds. The predicted molar refractivity (Wildman–Crippen MR) is 91.7 cm³/mol. The van der Waals surface area contributed by atoms with Crippen LogP contribution in [0.25, 0.3) is 23.0 Å². The van der Waals surface area contributed by atoms with Crippen LogP contribution in [0.5, 0.6) is 17.2 Å². The Bertz CT molecular complexity index is 900. The van der Waals surface area contributed by atoms with E-state index in [0.29, 0.717) is 23.0 Å². The topological polar surface area (TPSA) is 91.3 Å². The second-order valence-corrected chi connectivity index (χ2v) is 5.28. The molecule has 0 aliphatic rings. The first kappa shape index (κ1) is 15.6. The monoisotopic (exact) mass is 323 g/mol. The minimum Gasteiger partial charge on any atom is -0.507 e. The number of phenols is 2. The van der Waals surface area contributed by atoms with Crippen LogP contribution in [-0.4, -0.2) is 32.5 Å². The van der Waals surface area contributed by atoms with Crippen molar-refractivity contribution in [2.45, 2.75) is 6.92 Å². The highest BCUT2D eigenvalue weighted by Gasteiger charge is 2.10. The average Bonchev–Trinajstić information content (AvgIpc) is 3.07. The van der Waals surface area contributed by atoms with Gasteiger partial charge in [0.1, 0.15) is 5.75 Å². The van der Waals surface area contributed by atoms with Crippen LogP contribution in [0.3, 0.4) is 0 Å². The van der Waals surface area contributed by atoms with Gasteiger partial charge in [0, 0.05) is 0 Å². The van der Waals surface area contributed by atoms with E-state index in [1.807, 2.05) is 19.1 Å². The number of phenolic OH excluding ortho intramolecular Hbond substituents is 2. The van der Waals surface area contributed by atoms with E-state index in [1.54, 1.807) is 36.4 Å². The van der Waals surface area contributed by atoms with E-state index < -0.39 is 0 Å². The Labute approximate surface area is 139 Å². The van der Waals surface area contributed by atoms with Gasteiger partial charge in [-0.25, -0.2) is 4.98 Å². The molecule has 122 valence electrons. The Balaban J connectivity index is 1.91. The summed E-state index contributed by atoms with van der Waals surface area (Å²) in [4.78, 5) is 4.42. The molecule has 24 heavy (non-hydrogen) atoms. The number of hydrogen-bond acceptors (Lipinski definition) is 5. The van der Waals surface area contributed by atoms with E-state index in [0.717, 1.165) is 11.1 Å². The number of aromatic nitrogens is 3. The largest absolute Gasteiger partial charge is 0.507 e. The van der Waals surface area contributed by atoms with Crippen molar-refractivity contribution in [3.8, 4) is 28.6 Å². The number of aromatic hydroxyl groups is 2. The summed E-state index contributed by atoms with van der Waals surface area (Å²) in [6.07, 6.45) is 1.89. The third-order valence-electron chi connectivity index (χ3n) is 3.58. The maximum Gasteiger partial charge on any atom is 0.177 e. The first-order chi connectivity index (χ1) is 11.6. The number of hydrogen-bond donors (Lipinski definition) is 3. The molecule has 1 heterocycles. The fourth-order valence-electron chi connectivity index (χ4n) is 2.33. The zero-order valence-corrected chi connectivity index (χ0v) is 13.3. The number of para-hydroxylation sites is 1. The first-order valence-electron chi connectivity index (χ1n) is 7.35. The fraction of sp³-hybridized carbons (Fsp3) is 0.111. The summed E-state index contributed by atoms with van der Waals surface area (Å²) in [5.41, 5.74) is 2.28. The molecule has 0 atom stereocenters. The number of benzene rings is 2. The number of aromatic amines is 1. The lowest BCUT2D eigenvalue weighted by Gasteiger charge is -2.04. The lowest BCUT2D eigenvalue weighted by atomic mass is 10.1. The average molecular weight is 323 g/mol. The van der Waals surface area contributed by atoms with E-state index in [1.165, 1.54) is 7.11 Å². The molecular weight excluding hydrogens is 306 g/mol. The van der Waals surface area contributed by atoms with Crippen LogP contribution in [-0.2, 0) is 0 Å². The molecule has 3 aromatic rings. The summed E-state index contributed by atoms with van der Waals surface area (Å²) in [5.74, 6) is 1.66. The molecule has 0 saturated heterocycles. The molecule has 0 aliphatic carbocycles. The van der Waals surface area contributed by atoms with Crippen molar-refractivity contribution in [3.63, 3.8) is 0 Å². The SMILES string of the molecule is COc1cc(/C=C(\C)c2n[nH]c(-c3ccccc3O)n2)ccc1O. The lowest BCUT2D eigenvalue weighted by Crippen LogP contribution is -1.86. The molecule has 0 radical (unpaired) electrons. The molecule has 0 aliphatic heterocycles. The number of methoxy groups -OCH3 is 1. The number of nitrogens with one attached hydrogen (secondary N) is 1. The summed E-state index contributed by atoms with van der Waals surface area (Å²) in [5, 5.41) is 26.6. The van der Waals surface area contributed by atoms with E-state index in [4.69, 9.17) is 4.74 Å². The Morgan fingerprint density at radius 3 is 2.67 bits per heavy atom. The smallest absolute Gasteiger partial charge is 0.177 e. The summed E-state index contributed by atoms with van der Waals surface area (Å²) in [6.45, 7) is 1.89. The van der Waals surface area contributed by atoms with Gasteiger partial charge in [-0.05, 0) is 48.4 Å². The van der Waals surface area contributed by atoms with Crippen LogP contribution in [0, 0.1) is 0 Å². The van der Waals surface area contributed by atoms with Crippen molar-refractivity contribution < 1.29 is 14.9 Å². The number of H-pyrrole nitrogens is 1. The molecular formula is C18H17N3O3. The van der Waals surface area contributed by atoms with Gasteiger partial charge in [0.15, 0.2) is 23.1 Å². The highest BCUT2D eigenvalue weighted by Crippen LogP contribution is 2.29. The molecule has 2 aromatic carbocycles. The maximum atomic E-state index is 9.89. The highest BCUT2D eigenvalue weighted by atomic mass is 16.5. The Morgan fingerprint density at radius 2 is 1.92 bits per heavy atom. The fourth-order valence-corrected chi connectivity index (χ4v) is 2.33. The van der Waals surface area contributed by atoms with Crippen LogP contribution in [0.1, 0.15) is 18.3 Å². The minimum atomic E-state index is 0.0898. The standard InChI is InChI=1S/C18H17N3O3/c1-11(9-12-7-8-15(23)16(10-12)24-2)17-19-18(21-20-17)13-5-3-4-6-14(13)22/h3-10,22-23H,1-2H3,(H,19,20,21)/b11-9+. The summed E-state index contributed by atoms with van der Waals surface area (Å²) < 4.78 is 5.10. The summed E-state index contributed by atoms with van der Waals surface area (Å²) in [7, 11) is 1.50. The molecule has 6 heteroatoms. The van der Waals surface area contributed by atoms with Gasteiger partial charge in [-0.3, -0.25) is 5.10 Å². The summed E-state index contributed by atoms with van der Waals surface area (Å²) >= 11 is 0. The van der Waals surface area contributed by atoms with Crippen LogP contribution in [0.15, 0.2) is 42.5 Å². The van der Waals surface area contributed by atoms with Crippen LogP contribution >= 0.6 is 0 Å². The van der Waals surface area contributed by atoms with E-state index in [9.17, 15) is 10.2 Å². The van der Waals surface area contributed by atoms with Crippen molar-refractivity contribution in [2.75, 3.05) is 7.11 Å². The summed E-state index contributed by atoms with van der Waals surface area (Å²) in [6, 6.07) is 12.0. The van der Waals surface area contributed by atoms with Gasteiger partial charge >= 0.3 is 0 Å². The molecule has 0 unspecified atom stereocenters. The quantitative estimate of drug-likeness (QED) is 0.684. The third kappa shape index (κ3) is 3.08. The minimum absolute atomic E-state index is 0.0898. The highest BCUT2D eigenvalue weighted by molar-refractivity contribution is 5.78. The van der Waals surface area contributed by atoms with E-state index in [-0.39, 0.29) is 11.5 Å². The second-order valence-electron chi connectivity index (χ2n) is 5.28. The van der Waals surface area contributed by atoms with Crippen LogP contribution in [0.4, 0.5) is 0 Å². The van der Waals surface area contributed by atoms with Gasteiger partial charge in [0.25, 0.3) is 0 Å². The normalized spacial score (nSPS) is 11.5. The zero-order valence-electron chi connectivity index (χ0n) is 13.3. The van der Waals surface area contributed by atoms with Gasteiger partial charge in [0.05, 0.1) is 12.7 Å².